The molecule has 6 nitrogen and oxygen atoms in total. The van der Waals surface area contributed by atoms with Gasteiger partial charge in [0.15, 0.2) is 0 Å². The van der Waals surface area contributed by atoms with Gasteiger partial charge in [0.05, 0.1) is 12.3 Å². The third-order valence-corrected chi connectivity index (χ3v) is 4.19. The number of ether oxygens (including phenoxy) is 2. The molecule has 0 aliphatic heterocycles. The Hall–Kier alpha value is -3.12. The normalized spacial score (nSPS) is 10.6. The molecule has 0 aliphatic carbocycles. The molecule has 0 saturated heterocycles. The van der Waals surface area contributed by atoms with Crippen molar-refractivity contribution in [3.63, 3.8) is 0 Å². The van der Waals surface area contributed by atoms with E-state index in [1.807, 2.05) is 62.5 Å². The van der Waals surface area contributed by atoms with Crippen molar-refractivity contribution in [2.75, 3.05) is 25.6 Å². The summed E-state index contributed by atoms with van der Waals surface area (Å²) in [5.74, 6) is 0.558. The molecule has 142 valence electrons. The van der Waals surface area contributed by atoms with Crippen molar-refractivity contribution in [3.05, 3.63) is 65.9 Å². The number of anilines is 1. The maximum atomic E-state index is 12.5. The Morgan fingerprint density at radius 1 is 1.15 bits per heavy atom. The summed E-state index contributed by atoms with van der Waals surface area (Å²) >= 11 is 0. The van der Waals surface area contributed by atoms with Crippen molar-refractivity contribution in [3.8, 4) is 17.0 Å². The molecule has 1 N–H and O–H groups in total. The predicted molar refractivity (Wildman–Crippen MR) is 107 cm³/mol. The second-order valence-corrected chi connectivity index (χ2v) is 6.21. The van der Waals surface area contributed by atoms with Gasteiger partial charge in [0.2, 0.25) is 0 Å². The number of hydrogen-bond donors (Lipinski definition) is 1. The summed E-state index contributed by atoms with van der Waals surface area (Å²) in [5, 5.41) is 7.17. The lowest BCUT2D eigenvalue weighted by Gasteiger charge is -2.14. The van der Waals surface area contributed by atoms with Gasteiger partial charge in [-0.1, -0.05) is 17.7 Å². The molecule has 1 aromatic heterocycles. The van der Waals surface area contributed by atoms with E-state index < -0.39 is 0 Å². The van der Waals surface area contributed by atoms with Crippen molar-refractivity contribution < 1.29 is 15.7 Å². The Balaban J connectivity index is 0.00000280. The molecule has 0 unspecified atom stereocenters. The van der Waals surface area contributed by atoms with Gasteiger partial charge in [-0.3, -0.25) is 9.48 Å². The number of carbonyl (C=O) groups is 1. The second kappa shape index (κ2) is 8.51. The van der Waals surface area contributed by atoms with E-state index in [-0.39, 0.29) is 7.33 Å². The summed E-state index contributed by atoms with van der Waals surface area (Å²) in [5.41, 5.74) is 4.17. The highest BCUT2D eigenvalue weighted by Crippen LogP contribution is 2.32. The molecule has 0 bridgehead atoms. The van der Waals surface area contributed by atoms with E-state index in [1.165, 1.54) is 0 Å². The standard InChI is InChI=1S/C21H23N3O3.H2/c1-15-4-6-16(7-5-15)21(25)23-17-8-9-20(27-13-12-26-3)18(14-17)19-10-11-22-24(19)2;/h4-11,14H,12-13H2,1-3H3,(H,23,25);1H. The van der Waals surface area contributed by atoms with Crippen LogP contribution in [-0.4, -0.2) is 36.0 Å². The molecule has 0 aliphatic rings. The molecule has 1 heterocycles. The number of benzene rings is 2. The van der Waals surface area contributed by atoms with Crippen LogP contribution in [0.25, 0.3) is 11.3 Å². The Kier molecular flexibility index (Phi) is 5.88. The SMILES string of the molecule is COCCOc1ccc(NC(=O)c2ccc(C)cc2)cc1-c1ccnn1C.[HH]. The van der Waals surface area contributed by atoms with E-state index in [4.69, 9.17) is 9.47 Å². The molecular weight excluding hydrogens is 342 g/mol. The van der Waals surface area contributed by atoms with Crippen LogP contribution in [0.3, 0.4) is 0 Å². The number of hydrogen-bond acceptors (Lipinski definition) is 4. The fraction of sp³-hybridized carbons (Fsp3) is 0.238. The Labute approximate surface area is 160 Å². The minimum atomic E-state index is -0.154. The van der Waals surface area contributed by atoms with E-state index in [1.54, 1.807) is 18.0 Å². The lowest BCUT2D eigenvalue weighted by atomic mass is 10.1. The molecule has 6 heteroatoms. The van der Waals surface area contributed by atoms with Crippen LogP contribution in [0.1, 0.15) is 17.3 Å². The fourth-order valence-corrected chi connectivity index (χ4v) is 2.72. The van der Waals surface area contributed by atoms with Crippen LogP contribution >= 0.6 is 0 Å². The van der Waals surface area contributed by atoms with Gasteiger partial charge >= 0.3 is 0 Å². The molecule has 0 spiro atoms. The van der Waals surface area contributed by atoms with Gasteiger partial charge in [0.25, 0.3) is 5.91 Å². The molecule has 2 aromatic carbocycles. The van der Waals surface area contributed by atoms with Gasteiger partial charge in [-0.15, -0.1) is 0 Å². The zero-order chi connectivity index (χ0) is 19.2. The molecule has 3 aromatic rings. The maximum Gasteiger partial charge on any atom is 0.255 e. The summed E-state index contributed by atoms with van der Waals surface area (Å²) in [7, 11) is 3.50. The van der Waals surface area contributed by atoms with E-state index in [0.29, 0.717) is 30.2 Å². The molecule has 1 amide bonds. The quantitative estimate of drug-likeness (QED) is 0.643. The minimum absolute atomic E-state index is 0. The van der Waals surface area contributed by atoms with Gasteiger partial charge in [-0.2, -0.15) is 5.10 Å². The first-order valence-corrected chi connectivity index (χ1v) is 8.70. The molecule has 0 atom stereocenters. The van der Waals surface area contributed by atoms with Crippen molar-refractivity contribution in [1.82, 2.24) is 9.78 Å². The van der Waals surface area contributed by atoms with Gasteiger partial charge < -0.3 is 14.8 Å². The maximum absolute atomic E-state index is 12.5. The van der Waals surface area contributed by atoms with Crippen LogP contribution in [0.5, 0.6) is 5.75 Å². The van der Waals surface area contributed by atoms with Crippen molar-refractivity contribution in [2.24, 2.45) is 7.05 Å². The number of rotatable bonds is 7. The first kappa shape index (κ1) is 18.7. The monoisotopic (exact) mass is 367 g/mol. The van der Waals surface area contributed by atoms with Crippen molar-refractivity contribution in [2.45, 2.75) is 6.92 Å². The third kappa shape index (κ3) is 4.54. The second-order valence-electron chi connectivity index (χ2n) is 6.21. The zero-order valence-electron chi connectivity index (χ0n) is 15.7. The molecule has 3 rings (SSSR count). The Bertz CT molecular complexity index is 923. The minimum Gasteiger partial charge on any atom is -0.490 e. The lowest BCUT2D eigenvalue weighted by molar-refractivity contribution is 0.102. The van der Waals surface area contributed by atoms with Gasteiger partial charge in [-0.25, -0.2) is 0 Å². The van der Waals surface area contributed by atoms with Crippen LogP contribution in [0, 0.1) is 6.92 Å². The Morgan fingerprint density at radius 3 is 2.59 bits per heavy atom. The van der Waals surface area contributed by atoms with E-state index >= 15 is 0 Å². The number of nitrogens with one attached hydrogen (secondary N) is 1. The summed E-state index contributed by atoms with van der Waals surface area (Å²) in [6, 6.07) is 14.9. The smallest absolute Gasteiger partial charge is 0.255 e. The molecule has 0 fully saturated rings. The number of methoxy groups -OCH3 is 1. The molecular formula is C21H25N3O3. The lowest BCUT2D eigenvalue weighted by Crippen LogP contribution is -2.12. The van der Waals surface area contributed by atoms with Gasteiger partial charge in [0.1, 0.15) is 12.4 Å². The first-order valence-electron chi connectivity index (χ1n) is 8.70. The average Bonchev–Trinajstić information content (AvgIpc) is 3.09. The highest BCUT2D eigenvalue weighted by molar-refractivity contribution is 6.04. The van der Waals surface area contributed by atoms with Crippen LogP contribution in [-0.2, 0) is 11.8 Å². The van der Waals surface area contributed by atoms with Crippen LogP contribution in [0.4, 0.5) is 5.69 Å². The highest BCUT2D eigenvalue weighted by Gasteiger charge is 2.13. The van der Waals surface area contributed by atoms with Crippen molar-refractivity contribution >= 4 is 11.6 Å². The number of nitrogens with zero attached hydrogens (tertiary/aromatic N) is 2. The predicted octanol–water partition coefficient (Wildman–Crippen LogP) is 3.92. The van der Waals surface area contributed by atoms with Gasteiger partial charge in [0, 0.05) is 38.6 Å². The fourth-order valence-electron chi connectivity index (χ4n) is 2.72. The number of carbonyl (C=O) groups excluding carboxylic acids is 1. The van der Waals surface area contributed by atoms with E-state index in [0.717, 1.165) is 16.8 Å². The molecule has 0 radical (unpaired) electrons. The molecule has 27 heavy (non-hydrogen) atoms. The van der Waals surface area contributed by atoms with Crippen LogP contribution in [0.2, 0.25) is 0 Å². The number of aromatic nitrogens is 2. The number of aryl methyl sites for hydroxylation is 2. The van der Waals surface area contributed by atoms with Gasteiger partial charge in [-0.05, 0) is 43.3 Å². The highest BCUT2D eigenvalue weighted by atomic mass is 16.5. The molecule has 0 saturated carbocycles. The summed E-state index contributed by atoms with van der Waals surface area (Å²) in [6.07, 6.45) is 1.73. The van der Waals surface area contributed by atoms with Crippen LogP contribution in [0.15, 0.2) is 54.7 Å². The van der Waals surface area contributed by atoms with Crippen molar-refractivity contribution in [1.29, 1.82) is 0 Å². The topological polar surface area (TPSA) is 65.4 Å². The van der Waals surface area contributed by atoms with E-state index in [2.05, 4.69) is 10.4 Å². The summed E-state index contributed by atoms with van der Waals surface area (Å²) < 4.78 is 12.7. The third-order valence-electron chi connectivity index (χ3n) is 4.19. The first-order chi connectivity index (χ1) is 13.1. The summed E-state index contributed by atoms with van der Waals surface area (Å²) in [4.78, 5) is 12.5. The van der Waals surface area contributed by atoms with E-state index in [9.17, 15) is 4.79 Å². The summed E-state index contributed by atoms with van der Waals surface area (Å²) in [6.45, 7) is 2.93. The Morgan fingerprint density at radius 2 is 1.93 bits per heavy atom. The largest absolute Gasteiger partial charge is 0.490 e. The number of amides is 1. The average molecular weight is 367 g/mol. The zero-order valence-corrected chi connectivity index (χ0v) is 15.7. The van der Waals surface area contributed by atoms with Crippen LogP contribution < -0.4 is 10.1 Å².